The second-order valence-electron chi connectivity index (χ2n) is 4.33. The summed E-state index contributed by atoms with van der Waals surface area (Å²) in [5, 5.41) is 3.85. The fourth-order valence-electron chi connectivity index (χ4n) is 1.60. The predicted molar refractivity (Wildman–Crippen MR) is 78.7 cm³/mol. The van der Waals surface area contributed by atoms with Crippen molar-refractivity contribution < 1.29 is 13.2 Å². The summed E-state index contributed by atoms with van der Waals surface area (Å²) in [5.41, 5.74) is 0.908. The van der Waals surface area contributed by atoms with E-state index in [-0.39, 0.29) is 5.75 Å². The third-order valence-corrected chi connectivity index (χ3v) is 3.93. The van der Waals surface area contributed by atoms with Crippen LogP contribution in [0.5, 0.6) is 5.75 Å². The van der Waals surface area contributed by atoms with Gasteiger partial charge in [0.15, 0.2) is 0 Å². The van der Waals surface area contributed by atoms with E-state index in [4.69, 9.17) is 16.3 Å². The molecule has 1 aromatic rings. The molecule has 1 N–H and O–H groups in total. The van der Waals surface area contributed by atoms with Gasteiger partial charge >= 0.3 is 0 Å². The van der Waals surface area contributed by atoms with E-state index in [9.17, 15) is 8.42 Å². The lowest BCUT2D eigenvalue weighted by atomic mass is 10.2. The molecular formula is C13H20ClNO3S. The number of rotatable bonds is 8. The SMILES string of the molecule is CCNCc1c(Cl)cccc1OCCCS(C)(=O)=O. The second-order valence-corrected chi connectivity index (χ2v) is 7.00. The third-order valence-electron chi connectivity index (χ3n) is 2.54. The molecule has 19 heavy (non-hydrogen) atoms. The molecule has 0 saturated carbocycles. The maximum Gasteiger partial charge on any atom is 0.147 e. The Morgan fingerprint density at radius 2 is 2.11 bits per heavy atom. The summed E-state index contributed by atoms with van der Waals surface area (Å²) in [6, 6.07) is 5.49. The Hall–Kier alpha value is -0.780. The summed E-state index contributed by atoms with van der Waals surface area (Å²) in [4.78, 5) is 0. The van der Waals surface area contributed by atoms with E-state index >= 15 is 0 Å². The summed E-state index contributed by atoms with van der Waals surface area (Å²) in [7, 11) is -2.93. The number of nitrogens with one attached hydrogen (secondary N) is 1. The summed E-state index contributed by atoms with van der Waals surface area (Å²) < 4.78 is 27.7. The smallest absolute Gasteiger partial charge is 0.147 e. The molecule has 0 unspecified atom stereocenters. The van der Waals surface area contributed by atoms with E-state index < -0.39 is 9.84 Å². The van der Waals surface area contributed by atoms with Crippen molar-refractivity contribution in [3.63, 3.8) is 0 Å². The molecule has 4 nitrogen and oxygen atoms in total. The lowest BCUT2D eigenvalue weighted by Crippen LogP contribution is -2.14. The van der Waals surface area contributed by atoms with Crippen LogP contribution in [-0.4, -0.2) is 33.6 Å². The highest BCUT2D eigenvalue weighted by atomic mass is 35.5. The monoisotopic (exact) mass is 305 g/mol. The standard InChI is InChI=1S/C13H20ClNO3S/c1-3-15-10-11-12(14)6-4-7-13(11)18-8-5-9-19(2,16)17/h4,6-7,15H,3,5,8-10H2,1-2H3. The molecule has 0 amide bonds. The van der Waals surface area contributed by atoms with Crippen LogP contribution in [0.1, 0.15) is 18.9 Å². The second kappa shape index (κ2) is 7.72. The summed E-state index contributed by atoms with van der Waals surface area (Å²) in [6.45, 7) is 3.87. The molecular weight excluding hydrogens is 286 g/mol. The summed E-state index contributed by atoms with van der Waals surface area (Å²) >= 11 is 6.13. The molecule has 0 heterocycles. The normalized spacial score (nSPS) is 11.5. The van der Waals surface area contributed by atoms with E-state index in [1.165, 1.54) is 6.26 Å². The molecule has 0 aliphatic heterocycles. The van der Waals surface area contributed by atoms with E-state index in [1.54, 1.807) is 0 Å². The van der Waals surface area contributed by atoms with Gasteiger partial charge in [-0.25, -0.2) is 8.42 Å². The highest BCUT2D eigenvalue weighted by Gasteiger charge is 2.08. The van der Waals surface area contributed by atoms with Crippen LogP contribution in [0.25, 0.3) is 0 Å². The zero-order valence-corrected chi connectivity index (χ0v) is 12.9. The molecule has 1 aromatic carbocycles. The first kappa shape index (κ1) is 16.3. The van der Waals surface area contributed by atoms with E-state index in [0.717, 1.165) is 12.1 Å². The Morgan fingerprint density at radius 3 is 2.74 bits per heavy atom. The number of ether oxygens (including phenoxy) is 1. The van der Waals surface area contributed by atoms with E-state index in [1.807, 2.05) is 25.1 Å². The summed E-state index contributed by atoms with van der Waals surface area (Å²) in [5.74, 6) is 0.845. The van der Waals surface area contributed by atoms with Gasteiger partial charge in [-0.2, -0.15) is 0 Å². The topological polar surface area (TPSA) is 55.4 Å². The summed E-state index contributed by atoms with van der Waals surface area (Å²) in [6.07, 6.45) is 1.70. The van der Waals surface area contributed by atoms with Crippen molar-refractivity contribution >= 4 is 21.4 Å². The number of benzene rings is 1. The van der Waals surface area contributed by atoms with Crippen molar-refractivity contribution in [3.05, 3.63) is 28.8 Å². The Morgan fingerprint density at radius 1 is 1.37 bits per heavy atom. The zero-order valence-electron chi connectivity index (χ0n) is 11.3. The van der Waals surface area contributed by atoms with Crippen molar-refractivity contribution in [1.29, 1.82) is 0 Å². The van der Waals surface area contributed by atoms with Crippen molar-refractivity contribution in [1.82, 2.24) is 5.32 Å². The van der Waals surface area contributed by atoms with Gasteiger partial charge in [0.1, 0.15) is 15.6 Å². The first-order chi connectivity index (χ1) is 8.94. The molecule has 0 aliphatic carbocycles. The molecule has 6 heteroatoms. The molecule has 0 radical (unpaired) electrons. The van der Waals surface area contributed by atoms with Crippen molar-refractivity contribution in [2.45, 2.75) is 19.9 Å². The molecule has 0 saturated heterocycles. The van der Waals surface area contributed by atoms with Crippen LogP contribution in [0.15, 0.2) is 18.2 Å². The Balaban J connectivity index is 2.59. The predicted octanol–water partition coefficient (Wildman–Crippen LogP) is 2.26. The minimum Gasteiger partial charge on any atom is -0.493 e. The maximum absolute atomic E-state index is 11.0. The Bertz CT molecular complexity index is 503. The van der Waals surface area contributed by atoms with Crippen LogP contribution >= 0.6 is 11.6 Å². The van der Waals surface area contributed by atoms with Crippen LogP contribution in [0, 0.1) is 0 Å². The molecule has 0 fully saturated rings. The average molecular weight is 306 g/mol. The lowest BCUT2D eigenvalue weighted by molar-refractivity contribution is 0.314. The van der Waals surface area contributed by atoms with Crippen LogP contribution in [0.3, 0.4) is 0 Å². The van der Waals surface area contributed by atoms with Gasteiger partial charge < -0.3 is 10.1 Å². The third kappa shape index (κ3) is 6.27. The molecule has 0 bridgehead atoms. The van der Waals surface area contributed by atoms with Gasteiger partial charge in [-0.1, -0.05) is 24.6 Å². The van der Waals surface area contributed by atoms with Gasteiger partial charge in [0, 0.05) is 23.4 Å². The number of hydrogen-bond donors (Lipinski definition) is 1. The highest BCUT2D eigenvalue weighted by molar-refractivity contribution is 7.90. The van der Waals surface area contributed by atoms with Crippen molar-refractivity contribution in [2.24, 2.45) is 0 Å². The minimum absolute atomic E-state index is 0.135. The van der Waals surface area contributed by atoms with Crippen LogP contribution in [-0.2, 0) is 16.4 Å². The van der Waals surface area contributed by atoms with Gasteiger partial charge in [-0.05, 0) is 25.1 Å². The van der Waals surface area contributed by atoms with Crippen LogP contribution < -0.4 is 10.1 Å². The Labute approximate surface area is 120 Å². The van der Waals surface area contributed by atoms with Crippen molar-refractivity contribution in [3.8, 4) is 5.75 Å². The van der Waals surface area contributed by atoms with Gasteiger partial charge in [0.25, 0.3) is 0 Å². The van der Waals surface area contributed by atoms with E-state index in [0.29, 0.717) is 30.3 Å². The molecule has 0 atom stereocenters. The van der Waals surface area contributed by atoms with Gasteiger partial charge in [-0.15, -0.1) is 0 Å². The highest BCUT2D eigenvalue weighted by Crippen LogP contribution is 2.26. The largest absolute Gasteiger partial charge is 0.493 e. The molecule has 0 aliphatic rings. The number of sulfone groups is 1. The molecule has 0 aromatic heterocycles. The average Bonchev–Trinajstić information content (AvgIpc) is 2.32. The van der Waals surface area contributed by atoms with Gasteiger partial charge in [-0.3, -0.25) is 0 Å². The fraction of sp³-hybridized carbons (Fsp3) is 0.538. The van der Waals surface area contributed by atoms with Crippen molar-refractivity contribution in [2.75, 3.05) is 25.2 Å². The minimum atomic E-state index is -2.93. The first-order valence-corrected chi connectivity index (χ1v) is 8.66. The lowest BCUT2D eigenvalue weighted by Gasteiger charge is -2.13. The zero-order chi connectivity index (χ0) is 14.3. The maximum atomic E-state index is 11.0. The van der Waals surface area contributed by atoms with Gasteiger partial charge in [0.2, 0.25) is 0 Å². The molecule has 0 spiro atoms. The Kier molecular flexibility index (Phi) is 6.62. The van der Waals surface area contributed by atoms with E-state index in [2.05, 4.69) is 5.32 Å². The fourth-order valence-corrected chi connectivity index (χ4v) is 2.47. The number of halogens is 1. The quantitative estimate of drug-likeness (QED) is 0.749. The number of hydrogen-bond acceptors (Lipinski definition) is 4. The van der Waals surface area contributed by atoms with Crippen LogP contribution in [0.4, 0.5) is 0 Å². The van der Waals surface area contributed by atoms with Crippen LogP contribution in [0.2, 0.25) is 5.02 Å². The molecule has 108 valence electrons. The molecule has 1 rings (SSSR count). The first-order valence-electron chi connectivity index (χ1n) is 6.22. The van der Waals surface area contributed by atoms with Gasteiger partial charge in [0.05, 0.1) is 12.4 Å².